The third-order valence-electron chi connectivity index (χ3n) is 4.35. The van der Waals surface area contributed by atoms with Crippen LogP contribution >= 0.6 is 0 Å². The number of rotatable bonds is 7. The number of carbonyl (C=O) groups excluding carboxylic acids is 1. The third-order valence-corrected chi connectivity index (χ3v) is 4.35. The lowest BCUT2D eigenvalue weighted by atomic mass is 9.74. The number of hydrogen-bond donors (Lipinski definition) is 1. The highest BCUT2D eigenvalue weighted by Gasteiger charge is 2.34. The van der Waals surface area contributed by atoms with Crippen LogP contribution in [0.15, 0.2) is 36.9 Å². The molecule has 0 atom stereocenters. The van der Waals surface area contributed by atoms with Crippen LogP contribution in [0, 0.1) is 0 Å². The molecule has 0 aromatic heterocycles. The number of allylic oxidation sites excluding steroid dienone is 1. The van der Waals surface area contributed by atoms with Crippen molar-refractivity contribution in [2.24, 2.45) is 0 Å². The van der Waals surface area contributed by atoms with Crippen molar-refractivity contribution in [2.45, 2.75) is 31.1 Å². The van der Waals surface area contributed by atoms with Crippen molar-refractivity contribution in [3.05, 3.63) is 42.5 Å². The van der Waals surface area contributed by atoms with Crippen LogP contribution in [-0.2, 0) is 14.9 Å². The lowest BCUT2D eigenvalue weighted by Crippen LogP contribution is -2.44. The molecule has 0 aliphatic carbocycles. The van der Waals surface area contributed by atoms with Crippen LogP contribution in [0.2, 0.25) is 0 Å². The van der Waals surface area contributed by atoms with Gasteiger partial charge in [-0.05, 0) is 37.0 Å². The Kier molecular flexibility index (Phi) is 6.01. The molecule has 1 aliphatic heterocycles. The first-order chi connectivity index (χ1) is 10.7. The standard InChI is InChI=1S/C18H25NO3/c1-3-4-5-17(20)19-14-18(10-12-22-13-11-18)15-6-8-16(21-2)9-7-15/h3,6-9H,1,4-5,10-14H2,2H3,(H,19,20). The van der Waals surface area contributed by atoms with E-state index in [0.717, 1.165) is 31.8 Å². The molecule has 4 heteroatoms. The molecular formula is C18H25NO3. The SMILES string of the molecule is C=CCCC(=O)NCC1(c2ccc(OC)cc2)CCOCC1. The number of amides is 1. The molecule has 1 amide bonds. The summed E-state index contributed by atoms with van der Waals surface area (Å²) in [6.45, 7) is 5.76. The highest BCUT2D eigenvalue weighted by atomic mass is 16.5. The van der Waals surface area contributed by atoms with E-state index in [1.54, 1.807) is 13.2 Å². The molecule has 2 rings (SSSR count). The number of benzene rings is 1. The van der Waals surface area contributed by atoms with Crippen LogP contribution in [0.5, 0.6) is 5.75 Å². The van der Waals surface area contributed by atoms with E-state index in [1.165, 1.54) is 5.56 Å². The zero-order valence-electron chi connectivity index (χ0n) is 13.3. The second kappa shape index (κ2) is 7.99. The number of ether oxygens (including phenoxy) is 2. The fourth-order valence-corrected chi connectivity index (χ4v) is 2.86. The van der Waals surface area contributed by atoms with E-state index in [-0.39, 0.29) is 11.3 Å². The Balaban J connectivity index is 2.09. The van der Waals surface area contributed by atoms with Crippen molar-refractivity contribution in [2.75, 3.05) is 26.9 Å². The van der Waals surface area contributed by atoms with Crippen LogP contribution in [0.4, 0.5) is 0 Å². The summed E-state index contributed by atoms with van der Waals surface area (Å²) in [7, 11) is 1.67. The first-order valence-corrected chi connectivity index (χ1v) is 7.80. The van der Waals surface area contributed by atoms with Crippen molar-refractivity contribution in [1.82, 2.24) is 5.32 Å². The van der Waals surface area contributed by atoms with Crippen LogP contribution < -0.4 is 10.1 Å². The second-order valence-electron chi connectivity index (χ2n) is 5.73. The largest absolute Gasteiger partial charge is 0.497 e. The van der Waals surface area contributed by atoms with Crippen LogP contribution in [0.3, 0.4) is 0 Å². The topological polar surface area (TPSA) is 47.6 Å². The maximum absolute atomic E-state index is 11.9. The quantitative estimate of drug-likeness (QED) is 0.788. The van der Waals surface area contributed by atoms with Gasteiger partial charge in [0.05, 0.1) is 7.11 Å². The Hall–Kier alpha value is -1.81. The van der Waals surface area contributed by atoms with Crippen LogP contribution in [0.25, 0.3) is 0 Å². The zero-order valence-corrected chi connectivity index (χ0v) is 13.3. The molecule has 1 fully saturated rings. The van der Waals surface area contributed by atoms with E-state index < -0.39 is 0 Å². The second-order valence-corrected chi connectivity index (χ2v) is 5.73. The maximum Gasteiger partial charge on any atom is 0.220 e. The predicted octanol–water partition coefficient (Wildman–Crippen LogP) is 2.83. The molecule has 1 aromatic rings. The van der Waals surface area contributed by atoms with Crippen molar-refractivity contribution in [1.29, 1.82) is 0 Å². The van der Waals surface area contributed by atoms with Crippen molar-refractivity contribution < 1.29 is 14.3 Å². The third kappa shape index (κ3) is 4.10. The summed E-state index contributed by atoms with van der Waals surface area (Å²) in [6.07, 6.45) is 4.82. The summed E-state index contributed by atoms with van der Waals surface area (Å²) >= 11 is 0. The van der Waals surface area contributed by atoms with Gasteiger partial charge in [-0.1, -0.05) is 18.2 Å². The van der Waals surface area contributed by atoms with E-state index in [1.807, 2.05) is 12.1 Å². The molecule has 22 heavy (non-hydrogen) atoms. The highest BCUT2D eigenvalue weighted by Crippen LogP contribution is 2.35. The molecule has 0 spiro atoms. The molecule has 1 saturated heterocycles. The summed E-state index contributed by atoms with van der Waals surface area (Å²) in [4.78, 5) is 11.9. The monoisotopic (exact) mass is 303 g/mol. The van der Waals surface area contributed by atoms with E-state index in [4.69, 9.17) is 9.47 Å². The molecule has 1 N–H and O–H groups in total. The molecule has 1 aromatic carbocycles. The molecule has 0 radical (unpaired) electrons. The number of nitrogens with one attached hydrogen (secondary N) is 1. The predicted molar refractivity (Wildman–Crippen MR) is 87.2 cm³/mol. The van der Waals surface area contributed by atoms with Gasteiger partial charge in [-0.3, -0.25) is 4.79 Å². The number of methoxy groups -OCH3 is 1. The van der Waals surface area contributed by atoms with Gasteiger partial charge in [-0.2, -0.15) is 0 Å². The summed E-state index contributed by atoms with van der Waals surface area (Å²) < 4.78 is 10.7. The molecule has 1 heterocycles. The van der Waals surface area contributed by atoms with Gasteiger partial charge in [0.2, 0.25) is 5.91 Å². The van der Waals surface area contributed by atoms with Gasteiger partial charge in [0.1, 0.15) is 5.75 Å². The summed E-state index contributed by atoms with van der Waals surface area (Å²) in [5.74, 6) is 0.931. The molecule has 120 valence electrons. The summed E-state index contributed by atoms with van der Waals surface area (Å²) in [6, 6.07) is 8.15. The van der Waals surface area contributed by atoms with Gasteiger partial charge in [-0.25, -0.2) is 0 Å². The first-order valence-electron chi connectivity index (χ1n) is 7.80. The minimum atomic E-state index is -0.0473. The molecular weight excluding hydrogens is 278 g/mol. The normalized spacial score (nSPS) is 16.8. The fraction of sp³-hybridized carbons (Fsp3) is 0.500. The average molecular weight is 303 g/mol. The van der Waals surface area contributed by atoms with Gasteiger partial charge in [0, 0.05) is 31.6 Å². The molecule has 0 unspecified atom stereocenters. The smallest absolute Gasteiger partial charge is 0.220 e. The van der Waals surface area contributed by atoms with Gasteiger partial charge >= 0.3 is 0 Å². The number of hydrogen-bond acceptors (Lipinski definition) is 3. The van der Waals surface area contributed by atoms with Crippen LogP contribution in [-0.4, -0.2) is 32.8 Å². The zero-order chi connectivity index (χ0) is 15.8. The van der Waals surface area contributed by atoms with Gasteiger partial charge < -0.3 is 14.8 Å². The van der Waals surface area contributed by atoms with Gasteiger partial charge in [-0.15, -0.1) is 6.58 Å². The van der Waals surface area contributed by atoms with Gasteiger partial charge in [0.25, 0.3) is 0 Å². The minimum absolute atomic E-state index is 0.0473. The minimum Gasteiger partial charge on any atom is -0.497 e. The fourth-order valence-electron chi connectivity index (χ4n) is 2.86. The van der Waals surface area contributed by atoms with Crippen LogP contribution in [0.1, 0.15) is 31.2 Å². The molecule has 0 bridgehead atoms. The number of carbonyl (C=O) groups is 1. The van der Waals surface area contributed by atoms with Crippen molar-refractivity contribution >= 4 is 5.91 Å². The van der Waals surface area contributed by atoms with Gasteiger partial charge in [0.15, 0.2) is 0 Å². The Morgan fingerprint density at radius 1 is 1.36 bits per heavy atom. The lowest BCUT2D eigenvalue weighted by Gasteiger charge is -2.38. The molecule has 0 saturated carbocycles. The summed E-state index contributed by atoms with van der Waals surface area (Å²) in [5.41, 5.74) is 1.19. The molecule has 4 nitrogen and oxygen atoms in total. The van der Waals surface area contributed by atoms with E-state index in [2.05, 4.69) is 24.0 Å². The Bertz CT molecular complexity index is 490. The Morgan fingerprint density at radius 2 is 2.05 bits per heavy atom. The first kappa shape index (κ1) is 16.6. The van der Waals surface area contributed by atoms with E-state index in [0.29, 0.717) is 19.4 Å². The maximum atomic E-state index is 11.9. The van der Waals surface area contributed by atoms with Crippen molar-refractivity contribution in [3.63, 3.8) is 0 Å². The molecule has 1 aliphatic rings. The Labute approximate surface area is 132 Å². The average Bonchev–Trinajstić information content (AvgIpc) is 2.59. The van der Waals surface area contributed by atoms with Crippen molar-refractivity contribution in [3.8, 4) is 5.75 Å². The van der Waals surface area contributed by atoms with E-state index >= 15 is 0 Å². The summed E-state index contributed by atoms with van der Waals surface area (Å²) in [5, 5.41) is 3.08. The van der Waals surface area contributed by atoms with E-state index in [9.17, 15) is 4.79 Å². The lowest BCUT2D eigenvalue weighted by molar-refractivity contribution is -0.121. The Morgan fingerprint density at radius 3 is 2.64 bits per heavy atom. The highest BCUT2D eigenvalue weighted by molar-refractivity contribution is 5.76.